The smallest absolute Gasteiger partial charge is 0.248 e. The molecule has 5 nitrogen and oxygen atoms in total. The topological polar surface area (TPSA) is 98.2 Å². The Labute approximate surface area is 120 Å². The van der Waals surface area contributed by atoms with Crippen LogP contribution in [0.25, 0.3) is 0 Å². The zero-order chi connectivity index (χ0) is 14.7. The standard InChI is InChI=1S/C14H15N3O2S/c1-8-2-3-12(20-8)7-17-11-5-9(13(15)18)4-10(6-11)14(16)19/h2-6,17H,7H2,1H3,(H2,15,18)(H2,16,19). The number of rotatable bonds is 5. The summed E-state index contributed by atoms with van der Waals surface area (Å²) in [5, 5.41) is 3.16. The number of hydrogen-bond acceptors (Lipinski definition) is 4. The number of nitrogens with two attached hydrogens (primary N) is 2. The molecule has 2 aromatic rings. The van der Waals surface area contributed by atoms with E-state index in [1.165, 1.54) is 10.9 Å². The monoisotopic (exact) mass is 289 g/mol. The maximum Gasteiger partial charge on any atom is 0.248 e. The van der Waals surface area contributed by atoms with Gasteiger partial charge < -0.3 is 16.8 Å². The number of hydrogen-bond donors (Lipinski definition) is 3. The van der Waals surface area contributed by atoms with Gasteiger partial charge in [-0.05, 0) is 37.3 Å². The van der Waals surface area contributed by atoms with Gasteiger partial charge in [0.1, 0.15) is 0 Å². The molecule has 20 heavy (non-hydrogen) atoms. The molecule has 1 aromatic heterocycles. The molecular formula is C14H15N3O2S. The van der Waals surface area contributed by atoms with Gasteiger partial charge in [-0.15, -0.1) is 11.3 Å². The van der Waals surface area contributed by atoms with Crippen molar-refractivity contribution >= 4 is 28.8 Å². The maximum absolute atomic E-state index is 11.2. The summed E-state index contributed by atoms with van der Waals surface area (Å²) in [6.07, 6.45) is 0. The predicted octanol–water partition coefficient (Wildman–Crippen LogP) is 1.87. The summed E-state index contributed by atoms with van der Waals surface area (Å²) in [6.45, 7) is 2.64. The average molecular weight is 289 g/mol. The Morgan fingerprint density at radius 1 is 1.10 bits per heavy atom. The van der Waals surface area contributed by atoms with Gasteiger partial charge in [-0.2, -0.15) is 0 Å². The fourth-order valence-corrected chi connectivity index (χ4v) is 2.61. The van der Waals surface area contributed by atoms with Crippen molar-refractivity contribution in [2.24, 2.45) is 11.5 Å². The predicted molar refractivity (Wildman–Crippen MR) is 79.9 cm³/mol. The van der Waals surface area contributed by atoms with E-state index >= 15 is 0 Å². The van der Waals surface area contributed by atoms with Crippen LogP contribution in [0.1, 0.15) is 30.5 Å². The second kappa shape index (κ2) is 5.75. The van der Waals surface area contributed by atoms with E-state index in [1.54, 1.807) is 23.5 Å². The van der Waals surface area contributed by atoms with Gasteiger partial charge in [0, 0.05) is 33.1 Å². The molecular weight excluding hydrogens is 274 g/mol. The minimum atomic E-state index is -0.594. The largest absolute Gasteiger partial charge is 0.380 e. The van der Waals surface area contributed by atoms with Gasteiger partial charge in [-0.25, -0.2) is 0 Å². The molecule has 2 rings (SSSR count). The number of amides is 2. The van der Waals surface area contributed by atoms with E-state index in [2.05, 4.69) is 5.32 Å². The lowest BCUT2D eigenvalue weighted by Gasteiger charge is -2.08. The number of carbonyl (C=O) groups is 2. The molecule has 0 unspecified atom stereocenters. The highest BCUT2D eigenvalue weighted by Crippen LogP contribution is 2.19. The Kier molecular flexibility index (Phi) is 4.05. The zero-order valence-corrected chi connectivity index (χ0v) is 11.8. The summed E-state index contributed by atoms with van der Waals surface area (Å²) >= 11 is 1.68. The van der Waals surface area contributed by atoms with Crippen molar-refractivity contribution in [2.45, 2.75) is 13.5 Å². The Morgan fingerprint density at radius 3 is 2.15 bits per heavy atom. The van der Waals surface area contributed by atoms with E-state index in [0.29, 0.717) is 12.2 Å². The van der Waals surface area contributed by atoms with Gasteiger partial charge in [-0.3, -0.25) is 9.59 Å². The van der Waals surface area contributed by atoms with Crippen molar-refractivity contribution in [3.8, 4) is 0 Å². The Bertz CT molecular complexity index is 632. The second-order valence-corrected chi connectivity index (χ2v) is 5.77. The first-order valence-corrected chi connectivity index (χ1v) is 6.81. The summed E-state index contributed by atoms with van der Waals surface area (Å²) in [5.41, 5.74) is 11.6. The first kappa shape index (κ1) is 14.1. The van der Waals surface area contributed by atoms with E-state index < -0.39 is 11.8 Å². The summed E-state index contributed by atoms with van der Waals surface area (Å²) < 4.78 is 0. The Hall–Kier alpha value is -2.34. The zero-order valence-electron chi connectivity index (χ0n) is 11.0. The number of thiophene rings is 1. The van der Waals surface area contributed by atoms with Crippen LogP contribution in [0.5, 0.6) is 0 Å². The molecule has 5 N–H and O–H groups in total. The third-order valence-corrected chi connectivity index (χ3v) is 3.77. The van der Waals surface area contributed by atoms with Gasteiger partial charge in [0.2, 0.25) is 11.8 Å². The van der Waals surface area contributed by atoms with E-state index in [0.717, 1.165) is 4.88 Å². The van der Waals surface area contributed by atoms with Crippen LogP contribution in [0.4, 0.5) is 5.69 Å². The van der Waals surface area contributed by atoms with Gasteiger partial charge >= 0.3 is 0 Å². The fraction of sp³-hybridized carbons (Fsp3) is 0.143. The van der Waals surface area contributed by atoms with Crippen molar-refractivity contribution in [1.82, 2.24) is 0 Å². The van der Waals surface area contributed by atoms with Crippen LogP contribution in [0, 0.1) is 6.92 Å². The third kappa shape index (κ3) is 3.36. The molecule has 0 atom stereocenters. The molecule has 2 amide bonds. The SMILES string of the molecule is Cc1ccc(CNc2cc(C(N)=O)cc(C(N)=O)c2)s1. The van der Waals surface area contributed by atoms with Crippen LogP contribution in [0.2, 0.25) is 0 Å². The second-order valence-electron chi connectivity index (χ2n) is 4.39. The molecule has 0 aliphatic carbocycles. The maximum atomic E-state index is 11.2. The summed E-state index contributed by atoms with van der Waals surface area (Å²) in [4.78, 5) is 24.9. The van der Waals surface area contributed by atoms with Crippen molar-refractivity contribution in [3.63, 3.8) is 0 Å². The first-order chi connectivity index (χ1) is 9.45. The molecule has 0 fully saturated rings. The fourth-order valence-electron chi connectivity index (χ4n) is 1.78. The van der Waals surface area contributed by atoms with Crippen LogP contribution in [0.15, 0.2) is 30.3 Å². The van der Waals surface area contributed by atoms with Crippen LogP contribution in [0.3, 0.4) is 0 Å². The number of benzene rings is 1. The van der Waals surface area contributed by atoms with Gasteiger partial charge in [0.25, 0.3) is 0 Å². The summed E-state index contributed by atoms with van der Waals surface area (Å²) in [7, 11) is 0. The molecule has 0 spiro atoms. The number of nitrogens with one attached hydrogen (secondary N) is 1. The highest BCUT2D eigenvalue weighted by molar-refractivity contribution is 7.11. The lowest BCUT2D eigenvalue weighted by molar-refractivity contribution is 0.0999. The quantitative estimate of drug-likeness (QED) is 0.783. The number of primary amides is 2. The first-order valence-electron chi connectivity index (χ1n) is 5.99. The van der Waals surface area contributed by atoms with E-state index in [9.17, 15) is 9.59 Å². The lowest BCUT2D eigenvalue weighted by atomic mass is 10.1. The normalized spacial score (nSPS) is 10.2. The molecule has 0 saturated heterocycles. The molecule has 0 aliphatic heterocycles. The number of anilines is 1. The summed E-state index contributed by atoms with van der Waals surface area (Å²) in [6, 6.07) is 8.67. The van der Waals surface area contributed by atoms with E-state index in [-0.39, 0.29) is 11.1 Å². The van der Waals surface area contributed by atoms with Crippen LogP contribution in [-0.2, 0) is 6.54 Å². The lowest BCUT2D eigenvalue weighted by Crippen LogP contribution is -2.16. The highest BCUT2D eigenvalue weighted by atomic mass is 32.1. The highest BCUT2D eigenvalue weighted by Gasteiger charge is 2.09. The van der Waals surface area contributed by atoms with Gasteiger partial charge in [0.15, 0.2) is 0 Å². The average Bonchev–Trinajstić information content (AvgIpc) is 2.81. The summed E-state index contributed by atoms with van der Waals surface area (Å²) in [5.74, 6) is -1.19. The molecule has 6 heteroatoms. The van der Waals surface area contributed by atoms with Crippen molar-refractivity contribution < 1.29 is 9.59 Å². The minimum absolute atomic E-state index is 0.256. The van der Waals surface area contributed by atoms with Crippen molar-refractivity contribution in [3.05, 3.63) is 51.2 Å². The molecule has 104 valence electrons. The van der Waals surface area contributed by atoms with E-state index in [4.69, 9.17) is 11.5 Å². The molecule has 0 radical (unpaired) electrons. The Balaban J connectivity index is 2.21. The third-order valence-electron chi connectivity index (χ3n) is 2.76. The molecule has 1 aromatic carbocycles. The van der Waals surface area contributed by atoms with Gasteiger partial charge in [-0.1, -0.05) is 0 Å². The van der Waals surface area contributed by atoms with Crippen molar-refractivity contribution in [1.29, 1.82) is 0 Å². The number of carbonyl (C=O) groups excluding carboxylic acids is 2. The van der Waals surface area contributed by atoms with Gasteiger partial charge in [0.05, 0.1) is 0 Å². The minimum Gasteiger partial charge on any atom is -0.380 e. The molecule has 0 aliphatic rings. The van der Waals surface area contributed by atoms with Crippen LogP contribution in [-0.4, -0.2) is 11.8 Å². The molecule has 1 heterocycles. The molecule has 0 bridgehead atoms. The Morgan fingerprint density at radius 2 is 1.70 bits per heavy atom. The van der Waals surface area contributed by atoms with Crippen LogP contribution < -0.4 is 16.8 Å². The number of aryl methyl sites for hydroxylation is 1. The van der Waals surface area contributed by atoms with E-state index in [1.807, 2.05) is 19.1 Å². The van der Waals surface area contributed by atoms with Crippen molar-refractivity contribution in [2.75, 3.05) is 5.32 Å². The van der Waals surface area contributed by atoms with Crippen LogP contribution >= 0.6 is 11.3 Å². The molecule has 0 saturated carbocycles.